The van der Waals surface area contributed by atoms with Gasteiger partial charge in [-0.05, 0) is 42.9 Å². The van der Waals surface area contributed by atoms with Crippen molar-refractivity contribution < 1.29 is 8.42 Å². The summed E-state index contributed by atoms with van der Waals surface area (Å²) in [6.07, 6.45) is 3.04. The number of benzene rings is 1. The summed E-state index contributed by atoms with van der Waals surface area (Å²) < 4.78 is 23.4. The number of hydrogen-bond acceptors (Lipinski definition) is 3. The standard InChI is InChI=1S/C15H25NO2S/c1-4-14(16)9-6-12(3)13-7-10-15(11-8-13)19(17,18)5-2/h7-8,10-12,14H,4-6,9,16H2,1-3H3. The Kier molecular flexibility index (Phi) is 6.01. The van der Waals surface area contributed by atoms with E-state index in [2.05, 4.69) is 13.8 Å². The molecule has 0 saturated carbocycles. The van der Waals surface area contributed by atoms with Gasteiger partial charge in [0, 0.05) is 6.04 Å². The molecule has 0 saturated heterocycles. The van der Waals surface area contributed by atoms with Crippen LogP contribution in [0.5, 0.6) is 0 Å². The van der Waals surface area contributed by atoms with Crippen LogP contribution in [0.1, 0.15) is 51.5 Å². The third-order valence-corrected chi connectivity index (χ3v) is 5.43. The van der Waals surface area contributed by atoms with Crippen LogP contribution in [0, 0.1) is 0 Å². The smallest absolute Gasteiger partial charge is 0.178 e. The molecular weight excluding hydrogens is 258 g/mol. The fourth-order valence-corrected chi connectivity index (χ4v) is 2.89. The van der Waals surface area contributed by atoms with E-state index in [-0.39, 0.29) is 11.8 Å². The van der Waals surface area contributed by atoms with Crippen LogP contribution in [0.25, 0.3) is 0 Å². The summed E-state index contributed by atoms with van der Waals surface area (Å²) in [5, 5.41) is 0. The lowest BCUT2D eigenvalue weighted by Crippen LogP contribution is -2.18. The van der Waals surface area contributed by atoms with Gasteiger partial charge in [-0.25, -0.2) is 8.42 Å². The van der Waals surface area contributed by atoms with Crippen molar-refractivity contribution in [3.8, 4) is 0 Å². The van der Waals surface area contributed by atoms with Crippen molar-refractivity contribution in [2.24, 2.45) is 5.73 Å². The van der Waals surface area contributed by atoms with E-state index in [0.717, 1.165) is 19.3 Å². The molecule has 2 atom stereocenters. The van der Waals surface area contributed by atoms with Crippen LogP contribution in [0.4, 0.5) is 0 Å². The number of nitrogens with two attached hydrogens (primary N) is 1. The van der Waals surface area contributed by atoms with Gasteiger partial charge in [-0.1, -0.05) is 32.9 Å². The van der Waals surface area contributed by atoms with Gasteiger partial charge in [-0.2, -0.15) is 0 Å². The second-order valence-electron chi connectivity index (χ2n) is 5.12. The zero-order valence-electron chi connectivity index (χ0n) is 12.1. The monoisotopic (exact) mass is 283 g/mol. The lowest BCUT2D eigenvalue weighted by Gasteiger charge is -2.15. The highest BCUT2D eigenvalue weighted by Crippen LogP contribution is 2.23. The lowest BCUT2D eigenvalue weighted by molar-refractivity contribution is 0.530. The van der Waals surface area contributed by atoms with Crippen LogP contribution in [-0.4, -0.2) is 20.2 Å². The Morgan fingerprint density at radius 3 is 2.16 bits per heavy atom. The molecule has 4 heteroatoms. The summed E-state index contributed by atoms with van der Waals surface area (Å²) in [7, 11) is -3.09. The van der Waals surface area contributed by atoms with Gasteiger partial charge in [0.15, 0.2) is 9.84 Å². The zero-order valence-corrected chi connectivity index (χ0v) is 12.9. The maximum Gasteiger partial charge on any atom is 0.178 e. The molecule has 0 radical (unpaired) electrons. The first-order chi connectivity index (χ1) is 8.90. The Bertz CT molecular complexity index is 479. The Labute approximate surface area is 117 Å². The average molecular weight is 283 g/mol. The molecule has 3 nitrogen and oxygen atoms in total. The van der Waals surface area contributed by atoms with Gasteiger partial charge in [0.05, 0.1) is 10.6 Å². The molecule has 0 amide bonds. The first-order valence-corrected chi connectivity index (χ1v) is 8.64. The predicted molar refractivity (Wildman–Crippen MR) is 80.1 cm³/mol. The topological polar surface area (TPSA) is 60.2 Å². The fraction of sp³-hybridized carbons (Fsp3) is 0.600. The number of rotatable bonds is 7. The van der Waals surface area contributed by atoms with E-state index in [1.165, 1.54) is 5.56 Å². The highest BCUT2D eigenvalue weighted by atomic mass is 32.2. The number of hydrogen-bond donors (Lipinski definition) is 1. The van der Waals surface area contributed by atoms with Crippen molar-refractivity contribution in [1.82, 2.24) is 0 Å². The van der Waals surface area contributed by atoms with Crippen LogP contribution in [0.3, 0.4) is 0 Å². The average Bonchev–Trinajstić information content (AvgIpc) is 2.44. The summed E-state index contributed by atoms with van der Waals surface area (Å²) in [6, 6.07) is 7.53. The molecule has 0 aliphatic heterocycles. The molecule has 1 aromatic carbocycles. The van der Waals surface area contributed by atoms with Crippen molar-refractivity contribution in [1.29, 1.82) is 0 Å². The second-order valence-corrected chi connectivity index (χ2v) is 7.40. The minimum absolute atomic E-state index is 0.146. The highest BCUT2D eigenvalue weighted by molar-refractivity contribution is 7.91. The molecule has 0 aliphatic carbocycles. The van der Waals surface area contributed by atoms with Crippen molar-refractivity contribution in [3.05, 3.63) is 29.8 Å². The van der Waals surface area contributed by atoms with E-state index >= 15 is 0 Å². The SMILES string of the molecule is CCC(N)CCC(C)c1ccc(S(=O)(=O)CC)cc1. The van der Waals surface area contributed by atoms with E-state index in [1.807, 2.05) is 12.1 Å². The van der Waals surface area contributed by atoms with Gasteiger partial charge < -0.3 is 5.73 Å². The predicted octanol–water partition coefficient (Wildman–Crippen LogP) is 3.10. The first-order valence-electron chi connectivity index (χ1n) is 6.99. The largest absolute Gasteiger partial charge is 0.328 e. The molecule has 19 heavy (non-hydrogen) atoms. The van der Waals surface area contributed by atoms with Gasteiger partial charge in [-0.15, -0.1) is 0 Å². The van der Waals surface area contributed by atoms with Crippen molar-refractivity contribution in [2.45, 2.75) is 56.9 Å². The highest BCUT2D eigenvalue weighted by Gasteiger charge is 2.13. The molecular formula is C15H25NO2S. The van der Waals surface area contributed by atoms with Crippen molar-refractivity contribution in [3.63, 3.8) is 0 Å². The van der Waals surface area contributed by atoms with Gasteiger partial charge >= 0.3 is 0 Å². The Hall–Kier alpha value is -0.870. The quantitative estimate of drug-likeness (QED) is 0.836. The lowest BCUT2D eigenvalue weighted by atomic mass is 9.94. The molecule has 0 aromatic heterocycles. The summed E-state index contributed by atoms with van der Waals surface area (Å²) in [6.45, 7) is 5.92. The molecule has 2 unspecified atom stereocenters. The maximum absolute atomic E-state index is 11.7. The fourth-order valence-electron chi connectivity index (χ4n) is 2.01. The summed E-state index contributed by atoms with van der Waals surface area (Å²) >= 11 is 0. The van der Waals surface area contributed by atoms with E-state index in [1.54, 1.807) is 19.1 Å². The zero-order chi connectivity index (χ0) is 14.5. The van der Waals surface area contributed by atoms with E-state index in [4.69, 9.17) is 5.73 Å². The van der Waals surface area contributed by atoms with Crippen molar-refractivity contribution in [2.75, 3.05) is 5.75 Å². The Morgan fingerprint density at radius 1 is 1.11 bits per heavy atom. The molecule has 0 fully saturated rings. The van der Waals surface area contributed by atoms with Crippen LogP contribution >= 0.6 is 0 Å². The summed E-state index contributed by atoms with van der Waals surface area (Å²) in [5.74, 6) is 0.559. The molecule has 0 heterocycles. The summed E-state index contributed by atoms with van der Waals surface area (Å²) in [5.41, 5.74) is 7.10. The normalized spacial score (nSPS) is 15.2. The van der Waals surface area contributed by atoms with E-state index in [9.17, 15) is 8.42 Å². The molecule has 0 aliphatic rings. The number of sulfone groups is 1. The van der Waals surface area contributed by atoms with Gasteiger partial charge in [0.1, 0.15) is 0 Å². The minimum atomic E-state index is -3.09. The third kappa shape index (κ3) is 4.62. The Morgan fingerprint density at radius 2 is 1.68 bits per heavy atom. The minimum Gasteiger partial charge on any atom is -0.328 e. The second kappa shape index (κ2) is 7.06. The maximum atomic E-state index is 11.7. The van der Waals surface area contributed by atoms with Gasteiger partial charge in [0.25, 0.3) is 0 Å². The first kappa shape index (κ1) is 16.2. The van der Waals surface area contributed by atoms with Crippen LogP contribution in [-0.2, 0) is 9.84 Å². The van der Waals surface area contributed by atoms with Crippen molar-refractivity contribution >= 4 is 9.84 Å². The van der Waals surface area contributed by atoms with Gasteiger partial charge in [-0.3, -0.25) is 0 Å². The van der Waals surface area contributed by atoms with Crippen LogP contribution in [0.15, 0.2) is 29.2 Å². The third-order valence-electron chi connectivity index (χ3n) is 3.68. The van der Waals surface area contributed by atoms with E-state index in [0.29, 0.717) is 10.8 Å². The molecule has 1 rings (SSSR count). The molecule has 108 valence electrons. The summed E-state index contributed by atoms with van der Waals surface area (Å²) in [4.78, 5) is 0.413. The Balaban J connectivity index is 2.71. The molecule has 0 bridgehead atoms. The molecule has 0 spiro atoms. The van der Waals surface area contributed by atoms with Crippen LogP contribution in [0.2, 0.25) is 0 Å². The molecule has 1 aromatic rings. The van der Waals surface area contributed by atoms with Crippen LogP contribution < -0.4 is 5.73 Å². The molecule has 2 N–H and O–H groups in total. The van der Waals surface area contributed by atoms with Gasteiger partial charge in [0.2, 0.25) is 0 Å². The van der Waals surface area contributed by atoms with E-state index < -0.39 is 9.84 Å².